The SMILES string of the molecule is CC(C)CCOP(=O)(OCCC(C)C)SCCC(C)C. The van der Waals surface area contributed by atoms with Crippen molar-refractivity contribution in [2.24, 2.45) is 17.8 Å². The fraction of sp³-hybridized carbons (Fsp3) is 1.00. The molecule has 0 aliphatic carbocycles. The second-order valence-electron chi connectivity index (χ2n) is 6.49. The van der Waals surface area contributed by atoms with Crippen molar-refractivity contribution < 1.29 is 13.6 Å². The lowest BCUT2D eigenvalue weighted by Crippen LogP contribution is -2.02. The van der Waals surface area contributed by atoms with E-state index in [9.17, 15) is 4.57 Å². The van der Waals surface area contributed by atoms with Gasteiger partial charge >= 0.3 is 6.80 Å². The Labute approximate surface area is 129 Å². The smallest absolute Gasteiger partial charge is 0.301 e. The van der Waals surface area contributed by atoms with Crippen molar-refractivity contribution in [3.63, 3.8) is 0 Å². The molecule has 0 fully saturated rings. The molecule has 0 saturated carbocycles. The highest BCUT2D eigenvalue weighted by Crippen LogP contribution is 2.61. The van der Waals surface area contributed by atoms with Gasteiger partial charge in [-0.2, -0.15) is 0 Å². The zero-order valence-corrected chi connectivity index (χ0v) is 15.8. The summed E-state index contributed by atoms with van der Waals surface area (Å²) in [6, 6.07) is 0. The Bertz CT molecular complexity index is 237. The molecule has 0 rings (SSSR count). The van der Waals surface area contributed by atoms with E-state index in [1.807, 2.05) is 0 Å². The van der Waals surface area contributed by atoms with Crippen LogP contribution in [0.5, 0.6) is 0 Å². The molecule has 0 aromatic rings. The molecule has 0 bridgehead atoms. The molecule has 3 nitrogen and oxygen atoms in total. The summed E-state index contributed by atoms with van der Waals surface area (Å²) in [7, 11) is 0. The van der Waals surface area contributed by atoms with E-state index in [2.05, 4.69) is 41.5 Å². The molecule has 0 unspecified atom stereocenters. The molecule has 0 radical (unpaired) electrons. The quantitative estimate of drug-likeness (QED) is 0.412. The monoisotopic (exact) mass is 324 g/mol. The van der Waals surface area contributed by atoms with Crippen LogP contribution in [0.3, 0.4) is 0 Å². The van der Waals surface area contributed by atoms with Crippen LogP contribution >= 0.6 is 18.2 Å². The van der Waals surface area contributed by atoms with Crippen molar-refractivity contribution in [2.75, 3.05) is 19.0 Å². The van der Waals surface area contributed by atoms with Gasteiger partial charge in [0.15, 0.2) is 0 Å². The van der Waals surface area contributed by atoms with Crippen LogP contribution in [0, 0.1) is 17.8 Å². The number of hydrogen-bond acceptors (Lipinski definition) is 4. The fourth-order valence-electron chi connectivity index (χ4n) is 1.31. The molecule has 122 valence electrons. The van der Waals surface area contributed by atoms with Crippen LogP contribution in [-0.4, -0.2) is 19.0 Å². The Morgan fingerprint density at radius 2 is 1.20 bits per heavy atom. The molecule has 5 heteroatoms. The Kier molecular flexibility index (Phi) is 11.4. The van der Waals surface area contributed by atoms with Gasteiger partial charge in [-0.3, -0.25) is 0 Å². The summed E-state index contributed by atoms with van der Waals surface area (Å²) in [5.41, 5.74) is 0. The summed E-state index contributed by atoms with van der Waals surface area (Å²) < 4.78 is 23.9. The molecule has 20 heavy (non-hydrogen) atoms. The Morgan fingerprint density at radius 1 is 0.800 bits per heavy atom. The van der Waals surface area contributed by atoms with Crippen LogP contribution in [0.25, 0.3) is 0 Å². The van der Waals surface area contributed by atoms with Gasteiger partial charge in [-0.1, -0.05) is 41.5 Å². The predicted molar refractivity (Wildman–Crippen MR) is 90.3 cm³/mol. The first kappa shape index (κ1) is 20.5. The van der Waals surface area contributed by atoms with E-state index in [1.165, 1.54) is 11.4 Å². The highest BCUT2D eigenvalue weighted by Gasteiger charge is 2.25. The van der Waals surface area contributed by atoms with E-state index in [0.717, 1.165) is 25.0 Å². The third kappa shape index (κ3) is 12.3. The normalized spacial score (nSPS) is 12.8. The van der Waals surface area contributed by atoms with Crippen LogP contribution in [0.2, 0.25) is 0 Å². The summed E-state index contributed by atoms with van der Waals surface area (Å²) in [5.74, 6) is 2.56. The third-order valence-electron chi connectivity index (χ3n) is 2.83. The molecule has 0 atom stereocenters. The number of hydrogen-bond donors (Lipinski definition) is 0. The molecule has 0 spiro atoms. The first-order chi connectivity index (χ1) is 9.25. The second kappa shape index (κ2) is 11.1. The highest BCUT2D eigenvalue weighted by molar-refractivity contribution is 8.55. The molecule has 0 amide bonds. The Morgan fingerprint density at radius 3 is 1.55 bits per heavy atom. The summed E-state index contributed by atoms with van der Waals surface area (Å²) in [5, 5.41) is 0. The summed E-state index contributed by atoms with van der Waals surface area (Å²) in [4.78, 5) is 0. The molecule has 0 saturated heterocycles. The highest BCUT2D eigenvalue weighted by atomic mass is 32.7. The van der Waals surface area contributed by atoms with Gasteiger partial charge in [0.1, 0.15) is 0 Å². The van der Waals surface area contributed by atoms with Crippen LogP contribution in [-0.2, 0) is 13.6 Å². The van der Waals surface area contributed by atoms with E-state index < -0.39 is 6.80 Å². The van der Waals surface area contributed by atoms with E-state index in [0.29, 0.717) is 31.0 Å². The summed E-state index contributed by atoms with van der Waals surface area (Å²) in [6.07, 6.45) is 2.88. The van der Waals surface area contributed by atoms with Gasteiger partial charge in [-0.15, -0.1) is 0 Å². The van der Waals surface area contributed by atoms with Gasteiger partial charge in [0.2, 0.25) is 0 Å². The molecule has 0 heterocycles. The van der Waals surface area contributed by atoms with Gasteiger partial charge in [0, 0.05) is 5.75 Å². The summed E-state index contributed by atoms with van der Waals surface area (Å²) >= 11 is 1.37. The minimum Gasteiger partial charge on any atom is -0.301 e. The molecular formula is C15H33O3PS. The zero-order valence-electron chi connectivity index (χ0n) is 14.1. The predicted octanol–water partition coefficient (Wildman–Crippen LogP) is 6.00. The Hall–Kier alpha value is 0.500. The van der Waals surface area contributed by atoms with Crippen LogP contribution in [0.1, 0.15) is 60.8 Å². The molecule has 0 N–H and O–H groups in total. The topological polar surface area (TPSA) is 35.5 Å². The van der Waals surface area contributed by atoms with Gasteiger partial charge in [-0.05, 0) is 48.4 Å². The first-order valence-electron chi connectivity index (χ1n) is 7.79. The molecule has 0 aromatic carbocycles. The van der Waals surface area contributed by atoms with Gasteiger partial charge < -0.3 is 9.05 Å². The lowest BCUT2D eigenvalue weighted by molar-refractivity contribution is 0.203. The number of rotatable bonds is 12. The van der Waals surface area contributed by atoms with Crippen molar-refractivity contribution >= 4 is 18.2 Å². The van der Waals surface area contributed by atoms with Crippen molar-refractivity contribution in [1.29, 1.82) is 0 Å². The lowest BCUT2D eigenvalue weighted by atomic mass is 10.2. The first-order valence-corrected chi connectivity index (χ1v) is 10.9. The van der Waals surface area contributed by atoms with Crippen LogP contribution in [0.4, 0.5) is 0 Å². The molecule has 0 aliphatic rings. The minimum absolute atomic E-state index is 0.519. The molecule has 0 aliphatic heterocycles. The zero-order chi connectivity index (χ0) is 15.6. The molecule has 0 aromatic heterocycles. The van der Waals surface area contributed by atoms with E-state index in [4.69, 9.17) is 9.05 Å². The largest absolute Gasteiger partial charge is 0.389 e. The van der Waals surface area contributed by atoms with Crippen molar-refractivity contribution in [1.82, 2.24) is 0 Å². The maximum atomic E-state index is 12.7. The van der Waals surface area contributed by atoms with E-state index in [1.54, 1.807) is 0 Å². The average Bonchev–Trinajstić information content (AvgIpc) is 2.27. The third-order valence-corrected chi connectivity index (χ3v) is 6.69. The van der Waals surface area contributed by atoms with Crippen LogP contribution in [0.15, 0.2) is 0 Å². The Balaban J connectivity index is 4.23. The van der Waals surface area contributed by atoms with Crippen molar-refractivity contribution in [2.45, 2.75) is 60.8 Å². The maximum Gasteiger partial charge on any atom is 0.389 e. The van der Waals surface area contributed by atoms with Crippen molar-refractivity contribution in [3.8, 4) is 0 Å². The average molecular weight is 324 g/mol. The van der Waals surface area contributed by atoms with Crippen LogP contribution < -0.4 is 0 Å². The van der Waals surface area contributed by atoms with Gasteiger partial charge in [0.05, 0.1) is 13.2 Å². The van der Waals surface area contributed by atoms with E-state index in [-0.39, 0.29) is 0 Å². The fourth-order valence-corrected chi connectivity index (χ4v) is 4.88. The van der Waals surface area contributed by atoms with Gasteiger partial charge in [0.25, 0.3) is 0 Å². The second-order valence-corrected chi connectivity index (χ2v) is 10.7. The molecular weight excluding hydrogens is 291 g/mol. The standard InChI is InChI=1S/C15H33O3PS/c1-13(2)7-10-17-19(16,18-11-8-14(3)4)20-12-9-15(5)6/h13-15H,7-12H2,1-6H3. The summed E-state index contributed by atoms with van der Waals surface area (Å²) in [6.45, 7) is 11.0. The van der Waals surface area contributed by atoms with Gasteiger partial charge in [-0.25, -0.2) is 4.57 Å². The maximum absolute atomic E-state index is 12.7. The van der Waals surface area contributed by atoms with Crippen molar-refractivity contribution in [3.05, 3.63) is 0 Å². The minimum atomic E-state index is -2.97. The van der Waals surface area contributed by atoms with E-state index >= 15 is 0 Å². The lowest BCUT2D eigenvalue weighted by Gasteiger charge is -2.19.